The van der Waals surface area contributed by atoms with Gasteiger partial charge >= 0.3 is 0 Å². The van der Waals surface area contributed by atoms with Gasteiger partial charge in [-0.25, -0.2) is 0 Å². The number of aryl methyl sites for hydroxylation is 1. The van der Waals surface area contributed by atoms with Crippen molar-refractivity contribution in [3.05, 3.63) is 10.6 Å². The molecular formula is C22H34N4OS. The molecule has 154 valence electrons. The SMILES string of the molecule is Cc1nnsc1C(=O)N1C[C@H]2C[C@@H](C1)[C@H](CC1CCCCC1)N1CCCC[C@@H]21. The van der Waals surface area contributed by atoms with Crippen LogP contribution in [0.4, 0.5) is 0 Å². The number of likely N-dealkylation sites (tertiary alicyclic amines) is 1. The van der Waals surface area contributed by atoms with E-state index in [1.54, 1.807) is 0 Å². The normalized spacial score (nSPS) is 34.2. The van der Waals surface area contributed by atoms with Gasteiger partial charge in [0.2, 0.25) is 0 Å². The fourth-order valence-corrected chi connectivity index (χ4v) is 7.36. The van der Waals surface area contributed by atoms with Crippen molar-refractivity contribution in [3.8, 4) is 0 Å². The molecule has 2 bridgehead atoms. The Morgan fingerprint density at radius 1 is 1.07 bits per heavy atom. The van der Waals surface area contributed by atoms with Crippen molar-refractivity contribution in [3.63, 3.8) is 0 Å². The van der Waals surface area contributed by atoms with Gasteiger partial charge in [-0.15, -0.1) is 5.10 Å². The van der Waals surface area contributed by atoms with Crippen LogP contribution >= 0.6 is 11.5 Å². The number of fused-ring (bicyclic) bond motifs is 4. The molecule has 0 aromatic carbocycles. The largest absolute Gasteiger partial charge is 0.337 e. The van der Waals surface area contributed by atoms with Gasteiger partial charge in [0, 0.05) is 25.2 Å². The Kier molecular flexibility index (Phi) is 5.44. The lowest BCUT2D eigenvalue weighted by Crippen LogP contribution is -2.64. The molecule has 5 rings (SSSR count). The third kappa shape index (κ3) is 3.51. The average molecular weight is 403 g/mol. The molecule has 4 heterocycles. The van der Waals surface area contributed by atoms with Gasteiger partial charge in [0.05, 0.1) is 5.69 Å². The molecule has 0 radical (unpaired) electrons. The first-order chi connectivity index (χ1) is 13.7. The fraction of sp³-hybridized carbons (Fsp3) is 0.864. The summed E-state index contributed by atoms with van der Waals surface area (Å²) in [4.78, 5) is 19.0. The van der Waals surface area contributed by atoms with Gasteiger partial charge in [-0.2, -0.15) is 0 Å². The second kappa shape index (κ2) is 8.02. The lowest BCUT2D eigenvalue weighted by molar-refractivity contribution is -0.0724. The molecule has 4 atom stereocenters. The number of rotatable bonds is 3. The summed E-state index contributed by atoms with van der Waals surface area (Å²) in [6.45, 7) is 5.08. The molecule has 1 aromatic rings. The number of carbonyl (C=O) groups excluding carboxylic acids is 1. The Morgan fingerprint density at radius 2 is 1.86 bits per heavy atom. The van der Waals surface area contributed by atoms with E-state index < -0.39 is 0 Å². The van der Waals surface area contributed by atoms with Crippen molar-refractivity contribution < 1.29 is 4.79 Å². The van der Waals surface area contributed by atoms with E-state index in [1.165, 1.54) is 82.3 Å². The molecule has 1 aliphatic carbocycles. The summed E-state index contributed by atoms with van der Waals surface area (Å²) >= 11 is 1.27. The summed E-state index contributed by atoms with van der Waals surface area (Å²) in [5.41, 5.74) is 0.795. The van der Waals surface area contributed by atoms with Crippen LogP contribution in [0.2, 0.25) is 0 Å². The maximum absolute atomic E-state index is 13.2. The predicted octanol–water partition coefficient (Wildman–Crippen LogP) is 4.13. The minimum Gasteiger partial charge on any atom is -0.337 e. The van der Waals surface area contributed by atoms with Crippen molar-refractivity contribution in [2.75, 3.05) is 19.6 Å². The zero-order chi connectivity index (χ0) is 19.1. The smallest absolute Gasteiger partial charge is 0.267 e. The van der Waals surface area contributed by atoms with Crippen LogP contribution in [-0.2, 0) is 0 Å². The van der Waals surface area contributed by atoms with Crippen LogP contribution in [0.25, 0.3) is 0 Å². The number of hydrogen-bond donors (Lipinski definition) is 0. The minimum absolute atomic E-state index is 0.183. The summed E-state index contributed by atoms with van der Waals surface area (Å²) in [6.07, 6.45) is 13.9. The van der Waals surface area contributed by atoms with Gasteiger partial charge < -0.3 is 4.90 Å². The lowest BCUT2D eigenvalue weighted by Gasteiger charge is -2.57. The van der Waals surface area contributed by atoms with Gasteiger partial charge in [-0.05, 0) is 68.4 Å². The first-order valence-corrected chi connectivity index (χ1v) is 12.3. The van der Waals surface area contributed by atoms with Crippen LogP contribution in [0.1, 0.15) is 79.6 Å². The second-order valence-electron chi connectivity index (χ2n) is 9.76. The van der Waals surface area contributed by atoms with Gasteiger partial charge in [-0.3, -0.25) is 9.69 Å². The standard InChI is InChI=1S/C22H34N4OS/c1-15-21(28-24-23-15)22(27)25-13-17-12-18(14-25)20(11-16-7-3-2-4-8-16)26-10-6-5-9-19(17)26/h16-20H,2-14H2,1H3/t17-,18+,19+,20+/m1/s1. The molecule has 3 aliphatic heterocycles. The number of amides is 1. The number of carbonyl (C=O) groups is 1. The highest BCUT2D eigenvalue weighted by molar-refractivity contribution is 7.07. The molecule has 4 aliphatic rings. The van der Waals surface area contributed by atoms with Crippen molar-refractivity contribution in [2.45, 2.75) is 83.2 Å². The zero-order valence-corrected chi connectivity index (χ0v) is 18.0. The maximum atomic E-state index is 13.2. The van der Waals surface area contributed by atoms with Crippen LogP contribution < -0.4 is 0 Å². The summed E-state index contributed by atoms with van der Waals surface area (Å²) in [5, 5.41) is 4.08. The first-order valence-electron chi connectivity index (χ1n) is 11.5. The van der Waals surface area contributed by atoms with Crippen molar-refractivity contribution in [1.82, 2.24) is 19.4 Å². The van der Waals surface area contributed by atoms with Crippen LogP contribution in [0.5, 0.6) is 0 Å². The highest BCUT2D eigenvalue weighted by Gasteiger charge is 2.48. The molecule has 0 N–H and O–H groups in total. The van der Waals surface area contributed by atoms with Crippen molar-refractivity contribution >= 4 is 17.4 Å². The molecule has 6 heteroatoms. The van der Waals surface area contributed by atoms with E-state index in [2.05, 4.69) is 19.4 Å². The Balaban J connectivity index is 1.37. The monoisotopic (exact) mass is 402 g/mol. The molecular weight excluding hydrogens is 368 g/mol. The highest BCUT2D eigenvalue weighted by Crippen LogP contribution is 2.44. The van der Waals surface area contributed by atoms with Crippen molar-refractivity contribution in [1.29, 1.82) is 0 Å². The molecule has 1 saturated carbocycles. The Hall–Kier alpha value is -1.01. The number of hydrogen-bond acceptors (Lipinski definition) is 5. The fourth-order valence-electron chi connectivity index (χ4n) is 6.73. The van der Waals surface area contributed by atoms with Crippen LogP contribution in [0, 0.1) is 24.7 Å². The number of nitrogens with zero attached hydrogens (tertiary/aromatic N) is 4. The molecule has 3 saturated heterocycles. The molecule has 5 nitrogen and oxygen atoms in total. The van der Waals surface area contributed by atoms with Crippen LogP contribution in [0.15, 0.2) is 0 Å². The van der Waals surface area contributed by atoms with E-state index in [-0.39, 0.29) is 5.91 Å². The summed E-state index contributed by atoms with van der Waals surface area (Å²) in [7, 11) is 0. The molecule has 1 aromatic heterocycles. The lowest BCUT2D eigenvalue weighted by atomic mass is 9.69. The maximum Gasteiger partial charge on any atom is 0.267 e. The number of aromatic nitrogens is 2. The molecule has 1 amide bonds. The van der Waals surface area contributed by atoms with E-state index in [0.717, 1.165) is 29.6 Å². The topological polar surface area (TPSA) is 49.3 Å². The van der Waals surface area contributed by atoms with Gasteiger partial charge in [0.25, 0.3) is 5.91 Å². The second-order valence-corrected chi connectivity index (χ2v) is 10.5. The summed E-state index contributed by atoms with van der Waals surface area (Å²) in [6, 6.07) is 1.40. The van der Waals surface area contributed by atoms with E-state index in [1.807, 2.05) is 6.92 Å². The molecule has 4 fully saturated rings. The summed E-state index contributed by atoms with van der Waals surface area (Å²) in [5.74, 6) is 2.41. The molecule has 28 heavy (non-hydrogen) atoms. The Labute approximate surface area is 173 Å². The minimum atomic E-state index is 0.183. The van der Waals surface area contributed by atoms with Crippen molar-refractivity contribution in [2.24, 2.45) is 17.8 Å². The quantitative estimate of drug-likeness (QED) is 0.763. The van der Waals surface area contributed by atoms with Crippen LogP contribution in [-0.4, -0.2) is 57.0 Å². The molecule has 0 spiro atoms. The van der Waals surface area contributed by atoms with E-state index in [4.69, 9.17) is 0 Å². The number of piperidine rings is 3. The molecule has 0 unspecified atom stereocenters. The Morgan fingerprint density at radius 3 is 2.64 bits per heavy atom. The van der Waals surface area contributed by atoms with Gasteiger partial charge in [0.15, 0.2) is 0 Å². The highest BCUT2D eigenvalue weighted by atomic mass is 32.1. The van der Waals surface area contributed by atoms with E-state index in [9.17, 15) is 4.79 Å². The van der Waals surface area contributed by atoms with Crippen LogP contribution in [0.3, 0.4) is 0 Å². The van der Waals surface area contributed by atoms with E-state index >= 15 is 0 Å². The van der Waals surface area contributed by atoms with Gasteiger partial charge in [-0.1, -0.05) is 43.0 Å². The third-order valence-corrected chi connectivity index (χ3v) is 8.87. The van der Waals surface area contributed by atoms with E-state index in [0.29, 0.717) is 23.9 Å². The summed E-state index contributed by atoms with van der Waals surface area (Å²) < 4.78 is 4.00. The predicted molar refractivity (Wildman–Crippen MR) is 111 cm³/mol. The first kappa shape index (κ1) is 19.0. The average Bonchev–Trinajstić information content (AvgIpc) is 3.17. The Bertz CT molecular complexity index is 700. The third-order valence-electron chi connectivity index (χ3n) is 8.05. The van der Waals surface area contributed by atoms with Gasteiger partial charge in [0.1, 0.15) is 4.88 Å². The zero-order valence-electron chi connectivity index (χ0n) is 17.2.